The SMILES string of the molecule is Cc1ccc(NC(=O)N[C@H]2CCN(c3ccc(C)cc3)C2=O)cc1. The van der Waals surface area contributed by atoms with Gasteiger partial charge in [0.25, 0.3) is 0 Å². The van der Waals surface area contributed by atoms with Crippen LogP contribution in [0.25, 0.3) is 0 Å². The van der Waals surface area contributed by atoms with Crippen molar-refractivity contribution in [3.8, 4) is 0 Å². The van der Waals surface area contributed by atoms with Crippen LogP contribution in [-0.4, -0.2) is 24.5 Å². The van der Waals surface area contributed by atoms with E-state index in [2.05, 4.69) is 10.6 Å². The second-order valence-electron chi connectivity index (χ2n) is 6.13. The number of rotatable bonds is 3. The third kappa shape index (κ3) is 3.56. The molecule has 0 aliphatic carbocycles. The molecular weight excluding hydrogens is 302 g/mol. The highest BCUT2D eigenvalue weighted by Crippen LogP contribution is 2.22. The Labute approximate surface area is 141 Å². The van der Waals surface area contributed by atoms with Gasteiger partial charge in [0.2, 0.25) is 5.91 Å². The number of nitrogens with zero attached hydrogens (tertiary/aromatic N) is 1. The molecule has 1 aliphatic heterocycles. The van der Waals surface area contributed by atoms with E-state index in [9.17, 15) is 9.59 Å². The first-order valence-corrected chi connectivity index (χ1v) is 8.05. The van der Waals surface area contributed by atoms with Crippen LogP contribution in [0.5, 0.6) is 0 Å². The summed E-state index contributed by atoms with van der Waals surface area (Å²) in [6.07, 6.45) is 0.605. The summed E-state index contributed by atoms with van der Waals surface area (Å²) >= 11 is 0. The molecule has 5 nitrogen and oxygen atoms in total. The van der Waals surface area contributed by atoms with Gasteiger partial charge in [0.15, 0.2) is 0 Å². The number of hydrogen-bond donors (Lipinski definition) is 2. The molecule has 3 amide bonds. The van der Waals surface area contributed by atoms with Gasteiger partial charge in [0, 0.05) is 17.9 Å². The van der Waals surface area contributed by atoms with Crippen LogP contribution in [0.15, 0.2) is 48.5 Å². The van der Waals surface area contributed by atoms with Crippen molar-refractivity contribution in [2.24, 2.45) is 0 Å². The molecule has 0 bridgehead atoms. The largest absolute Gasteiger partial charge is 0.326 e. The highest BCUT2D eigenvalue weighted by atomic mass is 16.2. The Kier molecular flexibility index (Phi) is 4.51. The maximum absolute atomic E-state index is 12.5. The molecule has 1 aliphatic rings. The van der Waals surface area contributed by atoms with Gasteiger partial charge < -0.3 is 15.5 Å². The highest BCUT2D eigenvalue weighted by Gasteiger charge is 2.33. The van der Waals surface area contributed by atoms with Crippen molar-refractivity contribution in [3.63, 3.8) is 0 Å². The summed E-state index contributed by atoms with van der Waals surface area (Å²) in [5.41, 5.74) is 3.85. The van der Waals surface area contributed by atoms with E-state index in [1.807, 2.05) is 62.4 Å². The van der Waals surface area contributed by atoms with Gasteiger partial charge in [-0.05, 0) is 44.5 Å². The van der Waals surface area contributed by atoms with E-state index >= 15 is 0 Å². The maximum Gasteiger partial charge on any atom is 0.319 e. The van der Waals surface area contributed by atoms with Crippen molar-refractivity contribution >= 4 is 23.3 Å². The zero-order valence-corrected chi connectivity index (χ0v) is 13.9. The smallest absolute Gasteiger partial charge is 0.319 e. The van der Waals surface area contributed by atoms with Crippen molar-refractivity contribution in [1.82, 2.24) is 5.32 Å². The maximum atomic E-state index is 12.5. The minimum absolute atomic E-state index is 0.0714. The number of carbonyl (C=O) groups excluding carboxylic acids is 2. The van der Waals surface area contributed by atoms with Crippen molar-refractivity contribution in [2.75, 3.05) is 16.8 Å². The Balaban J connectivity index is 1.60. The lowest BCUT2D eigenvalue weighted by molar-refractivity contribution is -0.118. The van der Waals surface area contributed by atoms with E-state index in [-0.39, 0.29) is 11.9 Å². The summed E-state index contributed by atoms with van der Waals surface area (Å²) in [7, 11) is 0. The van der Waals surface area contributed by atoms with Gasteiger partial charge in [-0.15, -0.1) is 0 Å². The molecule has 2 N–H and O–H groups in total. The molecule has 0 radical (unpaired) electrons. The molecule has 1 heterocycles. The molecule has 1 saturated heterocycles. The quantitative estimate of drug-likeness (QED) is 0.911. The molecule has 0 aromatic heterocycles. The predicted octanol–water partition coefficient (Wildman–Crippen LogP) is 3.23. The second-order valence-corrected chi connectivity index (χ2v) is 6.13. The van der Waals surface area contributed by atoms with Crippen LogP contribution in [0.4, 0.5) is 16.2 Å². The average Bonchev–Trinajstić information content (AvgIpc) is 2.91. The molecule has 24 heavy (non-hydrogen) atoms. The molecule has 0 saturated carbocycles. The molecule has 0 spiro atoms. The number of anilines is 2. The van der Waals surface area contributed by atoms with Gasteiger partial charge in [-0.25, -0.2) is 4.79 Å². The lowest BCUT2D eigenvalue weighted by Crippen LogP contribution is -2.43. The molecule has 0 unspecified atom stereocenters. The number of carbonyl (C=O) groups is 2. The Morgan fingerprint density at radius 3 is 2.21 bits per heavy atom. The van der Waals surface area contributed by atoms with E-state index < -0.39 is 6.04 Å². The van der Waals surface area contributed by atoms with Gasteiger partial charge in [0.05, 0.1) is 0 Å². The molecule has 124 valence electrons. The van der Waals surface area contributed by atoms with Crippen molar-refractivity contribution < 1.29 is 9.59 Å². The van der Waals surface area contributed by atoms with Gasteiger partial charge in [-0.1, -0.05) is 35.4 Å². The zero-order valence-electron chi connectivity index (χ0n) is 13.9. The van der Waals surface area contributed by atoms with Crippen molar-refractivity contribution in [3.05, 3.63) is 59.7 Å². The summed E-state index contributed by atoms with van der Waals surface area (Å²) in [4.78, 5) is 26.3. The van der Waals surface area contributed by atoms with Crippen molar-refractivity contribution in [1.29, 1.82) is 0 Å². The number of urea groups is 1. The fourth-order valence-electron chi connectivity index (χ4n) is 2.76. The Morgan fingerprint density at radius 1 is 1.00 bits per heavy atom. The van der Waals surface area contributed by atoms with E-state index in [0.717, 1.165) is 16.8 Å². The minimum atomic E-state index is -0.489. The topological polar surface area (TPSA) is 61.4 Å². The van der Waals surface area contributed by atoms with E-state index in [1.165, 1.54) is 0 Å². The predicted molar refractivity (Wildman–Crippen MR) is 95.3 cm³/mol. The summed E-state index contributed by atoms with van der Waals surface area (Å²) < 4.78 is 0. The van der Waals surface area contributed by atoms with Crippen LogP contribution < -0.4 is 15.5 Å². The van der Waals surface area contributed by atoms with Crippen molar-refractivity contribution in [2.45, 2.75) is 26.3 Å². The van der Waals surface area contributed by atoms with E-state index in [1.54, 1.807) is 4.90 Å². The second kappa shape index (κ2) is 6.74. The van der Waals surface area contributed by atoms with Gasteiger partial charge >= 0.3 is 6.03 Å². The summed E-state index contributed by atoms with van der Waals surface area (Å²) in [6, 6.07) is 14.5. The number of benzene rings is 2. The summed E-state index contributed by atoms with van der Waals surface area (Å²) in [5.74, 6) is -0.0714. The molecule has 1 fully saturated rings. The van der Waals surface area contributed by atoms with E-state index in [4.69, 9.17) is 0 Å². The molecule has 5 heteroatoms. The van der Waals surface area contributed by atoms with Gasteiger partial charge in [-0.3, -0.25) is 4.79 Å². The summed E-state index contributed by atoms with van der Waals surface area (Å²) in [5, 5.41) is 5.52. The van der Waals surface area contributed by atoms with Crippen LogP contribution in [0.3, 0.4) is 0 Å². The minimum Gasteiger partial charge on any atom is -0.326 e. The van der Waals surface area contributed by atoms with Gasteiger partial charge in [-0.2, -0.15) is 0 Å². The zero-order chi connectivity index (χ0) is 17.1. The molecule has 2 aromatic carbocycles. The molecule has 2 aromatic rings. The Morgan fingerprint density at radius 2 is 1.58 bits per heavy atom. The van der Waals surface area contributed by atoms with Crippen LogP contribution in [0.2, 0.25) is 0 Å². The molecule has 3 rings (SSSR count). The molecular formula is C19H21N3O2. The number of amides is 3. The lowest BCUT2D eigenvalue weighted by Gasteiger charge is -2.17. The normalized spacial score (nSPS) is 17.0. The monoisotopic (exact) mass is 323 g/mol. The first-order valence-electron chi connectivity index (χ1n) is 8.05. The third-order valence-corrected chi connectivity index (χ3v) is 4.17. The fraction of sp³-hybridized carbons (Fsp3) is 0.263. The number of aryl methyl sites for hydroxylation is 2. The number of hydrogen-bond acceptors (Lipinski definition) is 2. The number of nitrogens with one attached hydrogen (secondary N) is 2. The highest BCUT2D eigenvalue weighted by molar-refractivity contribution is 6.02. The standard InChI is InChI=1S/C19H21N3O2/c1-13-3-7-15(8-4-13)20-19(24)21-17-11-12-22(18(17)23)16-9-5-14(2)6-10-16/h3-10,17H,11-12H2,1-2H3,(H2,20,21,24)/t17-/m0/s1. The van der Waals surface area contributed by atoms with Crippen LogP contribution in [0, 0.1) is 13.8 Å². The summed E-state index contributed by atoms with van der Waals surface area (Å²) in [6.45, 7) is 4.60. The average molecular weight is 323 g/mol. The first-order chi connectivity index (χ1) is 11.5. The fourth-order valence-corrected chi connectivity index (χ4v) is 2.76. The third-order valence-electron chi connectivity index (χ3n) is 4.17. The lowest BCUT2D eigenvalue weighted by atomic mass is 10.2. The molecule has 1 atom stereocenters. The van der Waals surface area contributed by atoms with Crippen LogP contribution in [0.1, 0.15) is 17.5 Å². The van der Waals surface area contributed by atoms with Gasteiger partial charge in [0.1, 0.15) is 6.04 Å². The van der Waals surface area contributed by atoms with Crippen LogP contribution >= 0.6 is 0 Å². The Bertz CT molecular complexity index is 738. The van der Waals surface area contributed by atoms with E-state index in [0.29, 0.717) is 18.7 Å². The van der Waals surface area contributed by atoms with Crippen LogP contribution in [-0.2, 0) is 4.79 Å². The first kappa shape index (κ1) is 16.1. The Hall–Kier alpha value is -2.82.